The van der Waals surface area contributed by atoms with Gasteiger partial charge in [-0.1, -0.05) is 30.6 Å². The molecule has 2 aromatic heterocycles. The molecule has 132 valence electrons. The van der Waals surface area contributed by atoms with E-state index in [4.69, 9.17) is 4.98 Å². The number of aromatic nitrogens is 1. The Bertz CT molecular complexity index is 733. The topological polar surface area (TPSA) is 36.4 Å². The van der Waals surface area contributed by atoms with E-state index in [1.54, 1.807) is 0 Å². The molecule has 0 aliphatic heterocycles. The first-order valence-corrected chi connectivity index (χ1v) is 10.6. The van der Waals surface area contributed by atoms with Crippen LogP contribution in [0.1, 0.15) is 46.0 Å². The summed E-state index contributed by atoms with van der Waals surface area (Å²) in [7, 11) is 2.25. The van der Waals surface area contributed by atoms with Crippen LogP contribution in [0.3, 0.4) is 0 Å². The summed E-state index contributed by atoms with van der Waals surface area (Å²) in [6, 6.07) is 1.95. The number of likely N-dealkylation sites (N-methyl/N-ethyl adjacent to an activating group) is 2. The van der Waals surface area contributed by atoms with Gasteiger partial charge >= 0.3 is 0 Å². The average Bonchev–Trinajstić information content (AvgIpc) is 3.05. The first kappa shape index (κ1) is 17.8. The second kappa shape index (κ2) is 7.50. The average molecular weight is 366 g/mol. The Morgan fingerprint density at radius 1 is 1.25 bits per heavy atom. The van der Waals surface area contributed by atoms with Gasteiger partial charge in [-0.2, -0.15) is 0 Å². The molecule has 0 radical (unpaired) electrons. The molecular formula is C18H27N3OS2. The summed E-state index contributed by atoms with van der Waals surface area (Å²) in [6.45, 7) is 7.34. The largest absolute Gasteiger partial charge is 0.347 e. The molecule has 3 rings (SSSR count). The van der Waals surface area contributed by atoms with Crippen molar-refractivity contribution in [2.45, 2.75) is 51.5 Å². The van der Waals surface area contributed by atoms with Crippen LogP contribution in [-0.2, 0) is 0 Å². The molecule has 0 saturated heterocycles. The zero-order chi connectivity index (χ0) is 17.2. The molecule has 0 spiro atoms. The number of nitrogens with zero attached hydrogens (tertiary/aromatic N) is 3. The lowest BCUT2D eigenvalue weighted by molar-refractivity contribution is 0.0956. The van der Waals surface area contributed by atoms with Gasteiger partial charge in [-0.15, -0.1) is 11.3 Å². The summed E-state index contributed by atoms with van der Waals surface area (Å²) in [5.74, 6) is 0. The van der Waals surface area contributed by atoms with Crippen molar-refractivity contribution in [1.82, 2.24) is 9.88 Å². The molecular weight excluding hydrogens is 338 g/mol. The first-order chi connectivity index (χ1) is 11.5. The number of hydrogen-bond donors (Lipinski definition) is 0. The molecule has 0 amide bonds. The third-order valence-electron chi connectivity index (χ3n) is 5.44. The number of anilines is 1. The Balaban J connectivity index is 1.70. The highest BCUT2D eigenvalue weighted by Gasteiger charge is 2.30. The minimum atomic E-state index is 0.135. The molecule has 1 saturated carbocycles. The second-order valence-electron chi connectivity index (χ2n) is 6.98. The van der Waals surface area contributed by atoms with Crippen molar-refractivity contribution in [3.8, 4) is 0 Å². The van der Waals surface area contributed by atoms with Crippen LogP contribution in [0.2, 0.25) is 0 Å². The van der Waals surface area contributed by atoms with Crippen LogP contribution in [0.25, 0.3) is 10.2 Å². The van der Waals surface area contributed by atoms with E-state index in [-0.39, 0.29) is 4.74 Å². The van der Waals surface area contributed by atoms with Crippen molar-refractivity contribution < 1.29 is 0 Å². The van der Waals surface area contributed by atoms with E-state index in [9.17, 15) is 4.79 Å². The first-order valence-electron chi connectivity index (χ1n) is 8.88. The molecule has 2 heterocycles. The smallest absolute Gasteiger partial charge is 0.255 e. The van der Waals surface area contributed by atoms with Gasteiger partial charge in [0.25, 0.3) is 4.74 Å². The standard InChI is InChI=1S/C18H27N3OS2/c1-4-21(12-11-20(3)18(2)9-6-5-7-10-18)17-19-14-8-13-23-15(14)16(22)24-17/h8,13H,4-7,9-12H2,1-3H3. The molecule has 0 unspecified atom stereocenters. The van der Waals surface area contributed by atoms with E-state index in [1.807, 2.05) is 11.4 Å². The van der Waals surface area contributed by atoms with Crippen LogP contribution < -0.4 is 9.64 Å². The van der Waals surface area contributed by atoms with Gasteiger partial charge in [0.05, 0.1) is 5.52 Å². The lowest BCUT2D eigenvalue weighted by Gasteiger charge is -2.42. The molecule has 1 aliphatic rings. The Labute approximate surface area is 152 Å². The highest BCUT2D eigenvalue weighted by Crippen LogP contribution is 2.32. The summed E-state index contributed by atoms with van der Waals surface area (Å²) in [6.07, 6.45) is 6.65. The number of thiophene rings is 1. The molecule has 0 aromatic carbocycles. The lowest BCUT2D eigenvalue weighted by Crippen LogP contribution is -2.48. The molecule has 0 atom stereocenters. The summed E-state index contributed by atoms with van der Waals surface area (Å²) >= 11 is 2.77. The van der Waals surface area contributed by atoms with Crippen LogP contribution >= 0.6 is 22.7 Å². The van der Waals surface area contributed by atoms with Crippen molar-refractivity contribution in [3.05, 3.63) is 21.0 Å². The van der Waals surface area contributed by atoms with E-state index < -0.39 is 0 Å². The summed E-state index contributed by atoms with van der Waals surface area (Å²) in [4.78, 5) is 21.7. The van der Waals surface area contributed by atoms with Crippen LogP contribution in [0.4, 0.5) is 5.13 Å². The fourth-order valence-electron chi connectivity index (χ4n) is 3.56. The van der Waals surface area contributed by atoms with Crippen molar-refractivity contribution in [2.75, 3.05) is 31.6 Å². The SMILES string of the molecule is CCN(CCN(C)C1(C)CCCCC1)c1nc2ccsc2c(=O)s1. The van der Waals surface area contributed by atoms with Crippen LogP contribution in [0.15, 0.2) is 16.2 Å². The minimum Gasteiger partial charge on any atom is -0.347 e. The summed E-state index contributed by atoms with van der Waals surface area (Å²) in [5, 5.41) is 2.80. The third kappa shape index (κ3) is 3.65. The lowest BCUT2D eigenvalue weighted by atomic mass is 9.82. The highest BCUT2D eigenvalue weighted by molar-refractivity contribution is 7.21. The molecule has 2 aromatic rings. The molecule has 1 fully saturated rings. The van der Waals surface area contributed by atoms with Crippen LogP contribution in [0.5, 0.6) is 0 Å². The van der Waals surface area contributed by atoms with Crippen molar-refractivity contribution >= 4 is 38.0 Å². The van der Waals surface area contributed by atoms with Gasteiger partial charge in [0.15, 0.2) is 5.13 Å². The Morgan fingerprint density at radius 3 is 2.71 bits per heavy atom. The zero-order valence-corrected chi connectivity index (χ0v) is 16.5. The van der Waals surface area contributed by atoms with Crippen molar-refractivity contribution in [2.24, 2.45) is 0 Å². The fourth-order valence-corrected chi connectivity index (χ4v) is 5.35. The maximum atomic E-state index is 12.3. The second-order valence-corrected chi connectivity index (χ2v) is 8.83. The molecule has 0 N–H and O–H groups in total. The Kier molecular flexibility index (Phi) is 5.57. The molecule has 0 bridgehead atoms. The maximum absolute atomic E-state index is 12.3. The van der Waals surface area contributed by atoms with Gasteiger partial charge in [-0.05, 0) is 45.2 Å². The van der Waals surface area contributed by atoms with E-state index in [2.05, 4.69) is 30.7 Å². The molecule has 1 aliphatic carbocycles. The van der Waals surface area contributed by atoms with Gasteiger partial charge in [-0.3, -0.25) is 9.69 Å². The van der Waals surface area contributed by atoms with E-state index in [0.717, 1.165) is 35.0 Å². The quantitative estimate of drug-likeness (QED) is 0.769. The number of rotatable bonds is 6. The Morgan fingerprint density at radius 2 is 2.00 bits per heavy atom. The van der Waals surface area contributed by atoms with Gasteiger partial charge in [0, 0.05) is 25.2 Å². The number of fused-ring (bicyclic) bond motifs is 1. The van der Waals surface area contributed by atoms with Crippen LogP contribution in [-0.4, -0.2) is 42.1 Å². The highest BCUT2D eigenvalue weighted by atomic mass is 32.1. The maximum Gasteiger partial charge on any atom is 0.255 e. The van der Waals surface area contributed by atoms with Crippen molar-refractivity contribution in [1.29, 1.82) is 0 Å². The predicted octanol–water partition coefficient (Wildman–Crippen LogP) is 4.20. The van der Waals surface area contributed by atoms with Gasteiger partial charge in [-0.25, -0.2) is 4.98 Å². The zero-order valence-electron chi connectivity index (χ0n) is 14.9. The Hall–Kier alpha value is -0.980. The minimum absolute atomic E-state index is 0.135. The predicted molar refractivity (Wildman–Crippen MR) is 106 cm³/mol. The number of hydrogen-bond acceptors (Lipinski definition) is 6. The van der Waals surface area contributed by atoms with Gasteiger partial charge in [0.2, 0.25) is 0 Å². The van der Waals surface area contributed by atoms with E-state index >= 15 is 0 Å². The summed E-state index contributed by atoms with van der Waals surface area (Å²) < 4.78 is 0.919. The normalized spacial score (nSPS) is 17.5. The molecule has 6 heteroatoms. The van der Waals surface area contributed by atoms with E-state index in [1.165, 1.54) is 54.8 Å². The van der Waals surface area contributed by atoms with Gasteiger partial charge < -0.3 is 4.90 Å². The van der Waals surface area contributed by atoms with Crippen LogP contribution in [0, 0.1) is 0 Å². The van der Waals surface area contributed by atoms with Gasteiger partial charge in [0.1, 0.15) is 4.70 Å². The van der Waals surface area contributed by atoms with E-state index in [0.29, 0.717) is 5.54 Å². The monoisotopic (exact) mass is 365 g/mol. The molecule has 24 heavy (non-hydrogen) atoms. The fraction of sp³-hybridized carbons (Fsp3) is 0.667. The van der Waals surface area contributed by atoms with Crippen molar-refractivity contribution in [3.63, 3.8) is 0 Å². The molecule has 4 nitrogen and oxygen atoms in total. The third-order valence-corrected chi connectivity index (χ3v) is 7.39. The summed E-state index contributed by atoms with van der Waals surface area (Å²) in [5.41, 5.74) is 1.17.